The van der Waals surface area contributed by atoms with E-state index < -0.39 is 0 Å². The van der Waals surface area contributed by atoms with Crippen LogP contribution in [0, 0.1) is 5.82 Å². The van der Waals surface area contributed by atoms with E-state index in [0.717, 1.165) is 11.4 Å². The summed E-state index contributed by atoms with van der Waals surface area (Å²) in [7, 11) is 3.77. The Hall–Kier alpha value is -2.76. The van der Waals surface area contributed by atoms with Crippen LogP contribution in [0.25, 0.3) is 22.8 Å². The van der Waals surface area contributed by atoms with Crippen molar-refractivity contribution >= 4 is 5.82 Å². The largest absolute Gasteiger partial charge is 0.362 e. The van der Waals surface area contributed by atoms with Gasteiger partial charge in [0.2, 0.25) is 5.82 Å². The second kappa shape index (κ2) is 5.32. The fourth-order valence-corrected chi connectivity index (χ4v) is 2.00. The number of pyridine rings is 1. The van der Waals surface area contributed by atoms with Crippen LogP contribution in [0.1, 0.15) is 0 Å². The Morgan fingerprint density at radius 1 is 1.14 bits per heavy atom. The number of anilines is 1. The van der Waals surface area contributed by atoms with Gasteiger partial charge in [-0.2, -0.15) is 4.98 Å². The van der Waals surface area contributed by atoms with E-state index in [1.807, 2.05) is 25.1 Å². The SMILES string of the molecule is CN(C)c1ncccc1-c1nc(-c2cccc(F)c2)no1. The van der Waals surface area contributed by atoms with E-state index in [4.69, 9.17) is 4.52 Å². The standard InChI is InChI=1S/C15H13FN4O/c1-20(2)14-12(7-4-8-17-14)15-18-13(19-21-15)10-5-3-6-11(16)9-10/h3-9H,1-2H3. The average Bonchev–Trinajstić information content (AvgIpc) is 2.97. The summed E-state index contributed by atoms with van der Waals surface area (Å²) in [5.74, 6) is 1.09. The molecule has 2 aromatic heterocycles. The Labute approximate surface area is 121 Å². The second-order valence-electron chi connectivity index (χ2n) is 4.70. The molecule has 5 nitrogen and oxygen atoms in total. The van der Waals surface area contributed by atoms with Crippen molar-refractivity contribution in [3.8, 4) is 22.8 Å². The molecule has 1 aromatic carbocycles. The summed E-state index contributed by atoms with van der Waals surface area (Å²) in [6.07, 6.45) is 1.70. The Kier molecular flexibility index (Phi) is 3.35. The van der Waals surface area contributed by atoms with Gasteiger partial charge in [-0.1, -0.05) is 17.3 Å². The molecule has 2 heterocycles. The molecule has 0 atom stereocenters. The molecule has 0 amide bonds. The van der Waals surface area contributed by atoms with Gasteiger partial charge < -0.3 is 9.42 Å². The van der Waals surface area contributed by atoms with E-state index in [2.05, 4.69) is 15.1 Å². The maximum Gasteiger partial charge on any atom is 0.261 e. The van der Waals surface area contributed by atoms with Gasteiger partial charge in [0.25, 0.3) is 5.89 Å². The van der Waals surface area contributed by atoms with Crippen molar-refractivity contribution in [3.05, 3.63) is 48.4 Å². The summed E-state index contributed by atoms with van der Waals surface area (Å²) in [4.78, 5) is 10.5. The Bertz CT molecular complexity index is 770. The number of rotatable bonds is 3. The summed E-state index contributed by atoms with van der Waals surface area (Å²) < 4.78 is 18.5. The van der Waals surface area contributed by atoms with Crippen molar-refractivity contribution in [2.75, 3.05) is 19.0 Å². The summed E-state index contributed by atoms with van der Waals surface area (Å²) in [6, 6.07) is 9.73. The molecule has 3 rings (SSSR count). The molecule has 0 unspecified atom stereocenters. The first kappa shape index (κ1) is 13.2. The van der Waals surface area contributed by atoms with Crippen LogP contribution >= 0.6 is 0 Å². The van der Waals surface area contributed by atoms with E-state index in [0.29, 0.717) is 17.3 Å². The van der Waals surface area contributed by atoms with Crippen LogP contribution in [0.15, 0.2) is 47.1 Å². The maximum atomic E-state index is 13.2. The molecule has 0 N–H and O–H groups in total. The molecule has 0 spiro atoms. The third-order valence-corrected chi connectivity index (χ3v) is 2.95. The fraction of sp³-hybridized carbons (Fsp3) is 0.133. The minimum atomic E-state index is -0.339. The lowest BCUT2D eigenvalue weighted by molar-refractivity contribution is 0.432. The fourth-order valence-electron chi connectivity index (χ4n) is 2.00. The Morgan fingerprint density at radius 2 is 2.00 bits per heavy atom. The van der Waals surface area contributed by atoms with E-state index >= 15 is 0 Å². The van der Waals surface area contributed by atoms with Gasteiger partial charge in [-0.25, -0.2) is 9.37 Å². The number of halogens is 1. The molecule has 0 saturated heterocycles. The highest BCUT2D eigenvalue weighted by atomic mass is 19.1. The molecule has 0 saturated carbocycles. The molecule has 0 radical (unpaired) electrons. The first-order chi connectivity index (χ1) is 10.1. The maximum absolute atomic E-state index is 13.2. The van der Waals surface area contributed by atoms with Gasteiger partial charge in [0.15, 0.2) is 0 Å². The van der Waals surface area contributed by atoms with Gasteiger partial charge in [-0.3, -0.25) is 0 Å². The normalized spacial score (nSPS) is 10.6. The van der Waals surface area contributed by atoms with E-state index in [9.17, 15) is 4.39 Å². The Balaban J connectivity index is 2.03. The second-order valence-corrected chi connectivity index (χ2v) is 4.70. The lowest BCUT2D eigenvalue weighted by atomic mass is 10.2. The van der Waals surface area contributed by atoms with Crippen LogP contribution in [0.5, 0.6) is 0 Å². The number of hydrogen-bond donors (Lipinski definition) is 0. The lowest BCUT2D eigenvalue weighted by Gasteiger charge is -2.13. The highest BCUT2D eigenvalue weighted by molar-refractivity contribution is 5.70. The van der Waals surface area contributed by atoms with Crippen LogP contribution in [0.4, 0.5) is 10.2 Å². The van der Waals surface area contributed by atoms with Gasteiger partial charge in [0.1, 0.15) is 11.6 Å². The smallest absolute Gasteiger partial charge is 0.261 e. The quantitative estimate of drug-likeness (QED) is 0.740. The van der Waals surface area contributed by atoms with Gasteiger partial charge in [-0.15, -0.1) is 0 Å². The van der Waals surface area contributed by atoms with Gasteiger partial charge in [-0.05, 0) is 24.3 Å². The summed E-state index contributed by atoms with van der Waals surface area (Å²) >= 11 is 0. The molecule has 0 fully saturated rings. The molecule has 3 aromatic rings. The molecular weight excluding hydrogens is 271 g/mol. The molecule has 0 aliphatic carbocycles. The molecule has 0 bridgehead atoms. The monoisotopic (exact) mass is 284 g/mol. The molecule has 0 aliphatic rings. The van der Waals surface area contributed by atoms with Crippen LogP contribution in [-0.2, 0) is 0 Å². The van der Waals surface area contributed by atoms with E-state index in [1.54, 1.807) is 24.4 Å². The van der Waals surface area contributed by atoms with Gasteiger partial charge >= 0.3 is 0 Å². The molecule has 0 aliphatic heterocycles. The Morgan fingerprint density at radius 3 is 2.76 bits per heavy atom. The minimum Gasteiger partial charge on any atom is -0.362 e. The first-order valence-electron chi connectivity index (χ1n) is 6.37. The molecular formula is C15H13FN4O. The zero-order valence-corrected chi connectivity index (χ0v) is 11.6. The van der Waals surface area contributed by atoms with Crippen LogP contribution < -0.4 is 4.90 Å². The number of nitrogens with zero attached hydrogens (tertiary/aromatic N) is 4. The van der Waals surface area contributed by atoms with Crippen LogP contribution in [-0.4, -0.2) is 29.2 Å². The number of aromatic nitrogens is 3. The predicted molar refractivity (Wildman–Crippen MR) is 77.3 cm³/mol. The highest BCUT2D eigenvalue weighted by Crippen LogP contribution is 2.28. The summed E-state index contributed by atoms with van der Waals surface area (Å²) in [5.41, 5.74) is 1.30. The van der Waals surface area contributed by atoms with Gasteiger partial charge in [0.05, 0.1) is 5.56 Å². The van der Waals surface area contributed by atoms with Crippen molar-refractivity contribution in [1.29, 1.82) is 0 Å². The topological polar surface area (TPSA) is 55.1 Å². The number of hydrogen-bond acceptors (Lipinski definition) is 5. The molecule has 106 valence electrons. The van der Waals surface area contributed by atoms with Crippen molar-refractivity contribution < 1.29 is 8.91 Å². The predicted octanol–water partition coefficient (Wildman–Crippen LogP) is 3.00. The summed E-state index contributed by atoms with van der Waals surface area (Å²) in [6.45, 7) is 0. The van der Waals surface area contributed by atoms with E-state index in [-0.39, 0.29) is 5.82 Å². The number of benzene rings is 1. The van der Waals surface area contributed by atoms with Crippen LogP contribution in [0.3, 0.4) is 0 Å². The molecule has 6 heteroatoms. The van der Waals surface area contributed by atoms with Crippen molar-refractivity contribution in [1.82, 2.24) is 15.1 Å². The minimum absolute atomic E-state index is 0.339. The van der Waals surface area contributed by atoms with Crippen molar-refractivity contribution in [3.63, 3.8) is 0 Å². The van der Waals surface area contributed by atoms with E-state index in [1.165, 1.54) is 12.1 Å². The first-order valence-corrected chi connectivity index (χ1v) is 6.37. The summed E-state index contributed by atoms with van der Waals surface area (Å²) in [5, 5.41) is 3.91. The highest BCUT2D eigenvalue weighted by Gasteiger charge is 2.16. The lowest BCUT2D eigenvalue weighted by Crippen LogP contribution is -2.11. The van der Waals surface area contributed by atoms with Crippen LogP contribution in [0.2, 0.25) is 0 Å². The van der Waals surface area contributed by atoms with Crippen molar-refractivity contribution in [2.45, 2.75) is 0 Å². The molecule has 21 heavy (non-hydrogen) atoms. The third kappa shape index (κ3) is 2.60. The average molecular weight is 284 g/mol. The third-order valence-electron chi connectivity index (χ3n) is 2.95. The zero-order valence-electron chi connectivity index (χ0n) is 11.6. The van der Waals surface area contributed by atoms with Gasteiger partial charge in [0, 0.05) is 25.9 Å². The van der Waals surface area contributed by atoms with Crippen molar-refractivity contribution in [2.24, 2.45) is 0 Å². The zero-order chi connectivity index (χ0) is 14.8.